The smallest absolute Gasteiger partial charge is 0.416 e. The van der Waals surface area contributed by atoms with Gasteiger partial charge in [0.25, 0.3) is 0 Å². The molecule has 2 heterocycles. The minimum absolute atomic E-state index is 0.00983. The second-order valence-electron chi connectivity index (χ2n) is 5.95. The van der Waals surface area contributed by atoms with Crippen molar-refractivity contribution in [3.63, 3.8) is 0 Å². The second-order valence-corrected chi connectivity index (χ2v) is 7.89. The van der Waals surface area contributed by atoms with E-state index in [4.69, 9.17) is 4.74 Å². The summed E-state index contributed by atoms with van der Waals surface area (Å²) in [5, 5.41) is 0. The monoisotopic (exact) mass is 405 g/mol. The van der Waals surface area contributed by atoms with Gasteiger partial charge in [0, 0.05) is 6.54 Å². The predicted molar refractivity (Wildman–Crippen MR) is 85.8 cm³/mol. The number of sulfonamides is 1. The summed E-state index contributed by atoms with van der Waals surface area (Å²) in [6.45, 7) is 0.206. The summed E-state index contributed by atoms with van der Waals surface area (Å²) in [7, 11) is -3.97. The molecule has 0 spiro atoms. The standard InChI is InChI=1S/C16H15F4N3O3S/c17-12-8-21-15(22-9-12)26-13-2-1-7-23(10-13)27(24,25)14-5-3-11(4-6-14)16(18,19)20/h3-6,8-9,13H,1-2,7,10H2/t13-/m0/s1. The average Bonchev–Trinajstić information content (AvgIpc) is 2.63. The Morgan fingerprint density at radius 3 is 2.33 bits per heavy atom. The second kappa shape index (κ2) is 7.39. The van der Waals surface area contributed by atoms with Crippen LogP contribution >= 0.6 is 0 Å². The number of piperidine rings is 1. The first-order chi connectivity index (χ1) is 12.7. The minimum atomic E-state index is -4.54. The molecule has 0 unspecified atom stereocenters. The summed E-state index contributed by atoms with van der Waals surface area (Å²) in [6, 6.07) is 3.27. The van der Waals surface area contributed by atoms with E-state index in [9.17, 15) is 26.0 Å². The molecule has 11 heteroatoms. The predicted octanol–water partition coefficient (Wildman–Crippen LogP) is 2.87. The van der Waals surface area contributed by atoms with Gasteiger partial charge in [-0.15, -0.1) is 0 Å². The molecule has 6 nitrogen and oxygen atoms in total. The Hall–Kier alpha value is -2.27. The summed E-state index contributed by atoms with van der Waals surface area (Å²) < 4.78 is 82.8. The van der Waals surface area contributed by atoms with Crippen LogP contribution in [0.4, 0.5) is 17.6 Å². The van der Waals surface area contributed by atoms with Crippen LogP contribution in [-0.2, 0) is 16.2 Å². The third-order valence-electron chi connectivity index (χ3n) is 4.03. The highest BCUT2D eigenvalue weighted by atomic mass is 32.2. The Kier molecular flexibility index (Phi) is 5.33. The van der Waals surface area contributed by atoms with E-state index in [-0.39, 0.29) is 24.0 Å². The lowest BCUT2D eigenvalue weighted by Gasteiger charge is -2.31. The van der Waals surface area contributed by atoms with Gasteiger partial charge >= 0.3 is 12.2 Å². The SMILES string of the molecule is O=S(=O)(c1ccc(C(F)(F)F)cc1)N1CCC[C@H](Oc2ncc(F)cn2)C1. The largest absolute Gasteiger partial charge is 0.459 e. The summed E-state index contributed by atoms with van der Waals surface area (Å²) in [5.41, 5.74) is -0.922. The number of ether oxygens (including phenoxy) is 1. The van der Waals surface area contributed by atoms with E-state index >= 15 is 0 Å². The van der Waals surface area contributed by atoms with Gasteiger partial charge in [-0.25, -0.2) is 22.8 Å². The van der Waals surface area contributed by atoms with Gasteiger partial charge in [0.15, 0.2) is 5.82 Å². The first-order valence-electron chi connectivity index (χ1n) is 7.98. The number of alkyl halides is 3. The van der Waals surface area contributed by atoms with Crippen LogP contribution in [0.2, 0.25) is 0 Å². The van der Waals surface area contributed by atoms with Crippen molar-refractivity contribution < 1.29 is 30.7 Å². The number of hydrogen-bond acceptors (Lipinski definition) is 5. The molecule has 3 rings (SSSR count). The Morgan fingerprint density at radius 1 is 1.11 bits per heavy atom. The molecule has 0 bridgehead atoms. The lowest BCUT2D eigenvalue weighted by atomic mass is 10.1. The molecule has 1 aromatic heterocycles. The van der Waals surface area contributed by atoms with E-state index in [1.54, 1.807) is 0 Å². The van der Waals surface area contributed by atoms with Crippen molar-refractivity contribution in [3.05, 3.63) is 48.0 Å². The van der Waals surface area contributed by atoms with Crippen LogP contribution < -0.4 is 4.74 Å². The van der Waals surface area contributed by atoms with Crippen LogP contribution in [-0.4, -0.2) is 41.9 Å². The van der Waals surface area contributed by atoms with Gasteiger partial charge < -0.3 is 4.74 Å². The van der Waals surface area contributed by atoms with E-state index in [1.807, 2.05) is 0 Å². The Bertz CT molecular complexity index is 887. The van der Waals surface area contributed by atoms with Crippen molar-refractivity contribution in [2.75, 3.05) is 13.1 Å². The first kappa shape index (κ1) is 19.5. The van der Waals surface area contributed by atoms with E-state index < -0.39 is 33.7 Å². The zero-order valence-electron chi connectivity index (χ0n) is 13.9. The quantitative estimate of drug-likeness (QED) is 0.732. The molecule has 2 aromatic rings. The van der Waals surface area contributed by atoms with E-state index in [1.165, 1.54) is 0 Å². The molecule has 0 saturated carbocycles. The van der Waals surface area contributed by atoms with Crippen LogP contribution in [0, 0.1) is 5.82 Å². The molecule has 0 radical (unpaired) electrons. The third kappa shape index (κ3) is 4.53. The van der Waals surface area contributed by atoms with Crippen molar-refractivity contribution in [2.24, 2.45) is 0 Å². The average molecular weight is 405 g/mol. The molecule has 1 atom stereocenters. The fourth-order valence-electron chi connectivity index (χ4n) is 2.69. The van der Waals surface area contributed by atoms with Crippen molar-refractivity contribution in [1.82, 2.24) is 14.3 Å². The van der Waals surface area contributed by atoms with Crippen molar-refractivity contribution in [1.29, 1.82) is 0 Å². The highest BCUT2D eigenvalue weighted by Gasteiger charge is 2.34. The van der Waals surface area contributed by atoms with Crippen LogP contribution in [0.5, 0.6) is 6.01 Å². The van der Waals surface area contributed by atoms with Crippen molar-refractivity contribution in [2.45, 2.75) is 30.0 Å². The number of aromatic nitrogens is 2. The minimum Gasteiger partial charge on any atom is -0.459 e. The van der Waals surface area contributed by atoms with E-state index in [0.717, 1.165) is 41.0 Å². The zero-order valence-corrected chi connectivity index (χ0v) is 14.7. The molecular formula is C16H15F4N3O3S. The molecule has 0 N–H and O–H groups in total. The maximum Gasteiger partial charge on any atom is 0.416 e. The van der Waals surface area contributed by atoms with Crippen LogP contribution in [0.25, 0.3) is 0 Å². The number of benzene rings is 1. The zero-order chi connectivity index (χ0) is 19.7. The highest BCUT2D eigenvalue weighted by Crippen LogP contribution is 2.30. The van der Waals surface area contributed by atoms with Gasteiger partial charge in [-0.1, -0.05) is 0 Å². The number of halogens is 4. The van der Waals surface area contributed by atoms with Crippen LogP contribution in [0.15, 0.2) is 41.6 Å². The maximum atomic E-state index is 12.8. The van der Waals surface area contributed by atoms with Gasteiger partial charge in [0.1, 0.15) is 6.10 Å². The number of hydrogen-bond donors (Lipinski definition) is 0. The van der Waals surface area contributed by atoms with Gasteiger partial charge in [0.05, 0.1) is 29.4 Å². The Balaban J connectivity index is 1.73. The fourth-order valence-corrected chi connectivity index (χ4v) is 4.20. The Morgan fingerprint density at radius 2 is 1.74 bits per heavy atom. The van der Waals surface area contributed by atoms with Crippen molar-refractivity contribution >= 4 is 10.0 Å². The van der Waals surface area contributed by atoms with E-state index in [2.05, 4.69) is 9.97 Å². The molecule has 1 fully saturated rings. The lowest BCUT2D eigenvalue weighted by Crippen LogP contribution is -2.44. The number of nitrogens with zero attached hydrogens (tertiary/aromatic N) is 3. The molecule has 146 valence electrons. The summed E-state index contributed by atoms with van der Waals surface area (Å²) in [6.07, 6.45) is -2.19. The highest BCUT2D eigenvalue weighted by molar-refractivity contribution is 7.89. The molecule has 1 aliphatic rings. The molecule has 27 heavy (non-hydrogen) atoms. The molecular weight excluding hydrogens is 390 g/mol. The molecule has 1 saturated heterocycles. The normalized spacial score (nSPS) is 19.0. The Labute approximate surface area is 152 Å². The lowest BCUT2D eigenvalue weighted by molar-refractivity contribution is -0.137. The maximum absolute atomic E-state index is 12.8. The topological polar surface area (TPSA) is 72.4 Å². The van der Waals surface area contributed by atoms with Gasteiger partial charge in [-0.3, -0.25) is 0 Å². The van der Waals surface area contributed by atoms with E-state index in [0.29, 0.717) is 12.8 Å². The third-order valence-corrected chi connectivity index (χ3v) is 5.91. The van der Waals surface area contributed by atoms with Gasteiger partial charge in [0.2, 0.25) is 10.0 Å². The van der Waals surface area contributed by atoms with Crippen LogP contribution in [0.3, 0.4) is 0 Å². The first-order valence-corrected chi connectivity index (χ1v) is 9.42. The van der Waals surface area contributed by atoms with Gasteiger partial charge in [-0.05, 0) is 37.1 Å². The molecule has 0 amide bonds. The molecule has 1 aromatic carbocycles. The van der Waals surface area contributed by atoms with Gasteiger partial charge in [-0.2, -0.15) is 17.5 Å². The van der Waals surface area contributed by atoms with Crippen molar-refractivity contribution in [3.8, 4) is 6.01 Å². The summed E-state index contributed by atoms with van der Waals surface area (Å²) in [5.74, 6) is -0.627. The number of rotatable bonds is 4. The molecule has 0 aliphatic carbocycles. The fraction of sp³-hybridized carbons (Fsp3) is 0.375. The van der Waals surface area contributed by atoms with Crippen LogP contribution in [0.1, 0.15) is 18.4 Å². The summed E-state index contributed by atoms with van der Waals surface area (Å²) in [4.78, 5) is 7.11. The summed E-state index contributed by atoms with van der Waals surface area (Å²) >= 11 is 0. The molecule has 1 aliphatic heterocycles.